The van der Waals surface area contributed by atoms with E-state index >= 15 is 0 Å². The van der Waals surface area contributed by atoms with Gasteiger partial charge in [0, 0.05) is 5.92 Å². The van der Waals surface area contributed by atoms with Crippen molar-refractivity contribution in [2.75, 3.05) is 0 Å². The molecule has 0 amide bonds. The first-order valence-electron chi connectivity index (χ1n) is 11.7. The molecule has 4 aliphatic rings. The topological polar surface area (TPSA) is 99.4 Å². The van der Waals surface area contributed by atoms with Crippen LogP contribution in [0.5, 0.6) is 0 Å². The van der Waals surface area contributed by atoms with Gasteiger partial charge in [-0.3, -0.25) is 0 Å². The Morgan fingerprint density at radius 3 is 2.48 bits per heavy atom. The molecule has 4 saturated carbocycles. The Balaban J connectivity index is 1.52. The Hall–Kier alpha value is -1.14. The number of rotatable bonds is 2. The lowest BCUT2D eigenvalue weighted by molar-refractivity contribution is -0.200. The molecular formula is C23H36N2O4. The second-order valence-corrected chi connectivity index (χ2v) is 11.0. The minimum absolute atomic E-state index is 0.0393. The van der Waals surface area contributed by atoms with Crippen LogP contribution in [0.4, 0.5) is 0 Å². The largest absolute Gasteiger partial charge is 0.459 e. The van der Waals surface area contributed by atoms with Crippen LogP contribution >= 0.6 is 0 Å². The van der Waals surface area contributed by atoms with Crippen LogP contribution in [0.2, 0.25) is 0 Å². The molecule has 1 aromatic rings. The van der Waals surface area contributed by atoms with Crippen LogP contribution in [-0.2, 0) is 0 Å². The molecule has 1 heterocycles. The number of aliphatic hydroxyl groups is 2. The zero-order chi connectivity index (χ0) is 20.6. The van der Waals surface area contributed by atoms with E-state index in [4.69, 9.17) is 4.52 Å². The minimum Gasteiger partial charge on any atom is -0.393 e. The molecule has 4 fully saturated rings. The standard InChI is InChI=1S/C23H36N2O4/c1-4-13-17-11-12(26)7-9-23(17,3)15-8-10-22(2)14(18(15)19(13)27)5-6-16(22)20-24-21(28)29-25-20/h12-19,26-27H,4-11H2,1-3H3,(H,24,25,28)/t12-,13-,14?,15?,16-,17+,18?,19-,22+,23-/m1/s1. The van der Waals surface area contributed by atoms with Gasteiger partial charge in [0.05, 0.1) is 12.2 Å². The highest BCUT2D eigenvalue weighted by Gasteiger charge is 2.65. The van der Waals surface area contributed by atoms with Crippen LogP contribution in [0.1, 0.15) is 83.9 Å². The monoisotopic (exact) mass is 404 g/mol. The smallest absolute Gasteiger partial charge is 0.393 e. The Morgan fingerprint density at radius 1 is 1.07 bits per heavy atom. The zero-order valence-corrected chi connectivity index (χ0v) is 17.9. The third-order valence-corrected chi connectivity index (χ3v) is 10.2. The summed E-state index contributed by atoms with van der Waals surface area (Å²) in [6, 6.07) is 0. The van der Waals surface area contributed by atoms with E-state index in [-0.39, 0.29) is 34.9 Å². The van der Waals surface area contributed by atoms with Gasteiger partial charge in [-0.1, -0.05) is 27.2 Å². The van der Waals surface area contributed by atoms with E-state index in [0.717, 1.165) is 51.4 Å². The third kappa shape index (κ3) is 2.67. The summed E-state index contributed by atoms with van der Waals surface area (Å²) in [6.07, 6.45) is 7.58. The Bertz CT molecular complexity index is 820. The van der Waals surface area contributed by atoms with E-state index in [1.54, 1.807) is 0 Å². The quantitative estimate of drug-likeness (QED) is 0.701. The second-order valence-electron chi connectivity index (χ2n) is 11.0. The maximum absolute atomic E-state index is 11.7. The molecule has 0 aliphatic heterocycles. The summed E-state index contributed by atoms with van der Waals surface area (Å²) in [5.41, 5.74) is 0.253. The van der Waals surface area contributed by atoms with E-state index in [9.17, 15) is 15.0 Å². The summed E-state index contributed by atoms with van der Waals surface area (Å²) >= 11 is 0. The van der Waals surface area contributed by atoms with Gasteiger partial charge in [0.1, 0.15) is 5.82 Å². The number of aromatic nitrogens is 2. The second kappa shape index (κ2) is 6.68. The van der Waals surface area contributed by atoms with E-state index in [1.807, 2.05) is 0 Å². The Morgan fingerprint density at radius 2 is 1.79 bits per heavy atom. The fraction of sp³-hybridized carbons (Fsp3) is 0.913. The van der Waals surface area contributed by atoms with Crippen molar-refractivity contribution in [3.63, 3.8) is 0 Å². The summed E-state index contributed by atoms with van der Waals surface area (Å²) < 4.78 is 4.90. The average Bonchev–Trinajstić information content (AvgIpc) is 3.26. The average molecular weight is 405 g/mol. The Labute approximate surface area is 172 Å². The number of nitrogens with one attached hydrogen (secondary N) is 1. The Kier molecular flexibility index (Phi) is 4.56. The predicted octanol–water partition coefficient (Wildman–Crippen LogP) is 3.46. The first-order chi connectivity index (χ1) is 13.8. The zero-order valence-electron chi connectivity index (χ0n) is 17.9. The van der Waals surface area contributed by atoms with E-state index < -0.39 is 5.76 Å². The highest BCUT2D eigenvalue weighted by atomic mass is 16.5. The maximum atomic E-state index is 11.7. The predicted molar refractivity (Wildman–Crippen MR) is 108 cm³/mol. The number of H-pyrrole nitrogens is 1. The van der Waals surface area contributed by atoms with Gasteiger partial charge in [-0.2, -0.15) is 4.98 Å². The summed E-state index contributed by atoms with van der Waals surface area (Å²) in [5, 5.41) is 24.8. The molecule has 0 saturated heterocycles. The fourth-order valence-electron chi connectivity index (χ4n) is 8.80. The minimum atomic E-state index is -0.541. The summed E-state index contributed by atoms with van der Waals surface area (Å²) in [4.78, 5) is 15.6. The summed E-state index contributed by atoms with van der Waals surface area (Å²) in [6.45, 7) is 7.01. The van der Waals surface area contributed by atoms with Gasteiger partial charge in [-0.15, -0.1) is 0 Å². The molecule has 3 N–H and O–H groups in total. The van der Waals surface area contributed by atoms with Gasteiger partial charge < -0.3 is 14.7 Å². The SMILES string of the molecule is CC[C@H]1[C@@H](O)C2C3CC[C@H](c4nc(=O)o[nH]4)[C@@]3(C)CCC2[C@@]2(C)CC[C@@H](O)C[C@@H]12. The summed E-state index contributed by atoms with van der Waals surface area (Å²) in [7, 11) is 0. The molecule has 6 nitrogen and oxygen atoms in total. The normalized spacial score (nSPS) is 51.9. The van der Waals surface area contributed by atoms with Crippen LogP contribution in [0, 0.1) is 40.4 Å². The number of aliphatic hydroxyl groups excluding tert-OH is 2. The molecule has 6 heteroatoms. The highest BCUT2D eigenvalue weighted by molar-refractivity contribution is 5.17. The highest BCUT2D eigenvalue weighted by Crippen LogP contribution is 2.69. The van der Waals surface area contributed by atoms with E-state index in [0.29, 0.717) is 29.5 Å². The van der Waals surface area contributed by atoms with Gasteiger partial charge in [0.25, 0.3) is 0 Å². The first kappa shape index (κ1) is 19.8. The van der Waals surface area contributed by atoms with Gasteiger partial charge in [-0.25, -0.2) is 9.95 Å². The van der Waals surface area contributed by atoms with Crippen molar-refractivity contribution in [1.82, 2.24) is 10.1 Å². The van der Waals surface area contributed by atoms with Crippen molar-refractivity contribution >= 4 is 0 Å². The summed E-state index contributed by atoms with van der Waals surface area (Å²) in [5.74, 6) is 2.31. The number of aromatic amines is 1. The van der Waals surface area contributed by atoms with Crippen molar-refractivity contribution in [3.8, 4) is 0 Å². The van der Waals surface area contributed by atoms with Crippen LogP contribution in [0.15, 0.2) is 9.32 Å². The third-order valence-electron chi connectivity index (χ3n) is 10.2. The van der Waals surface area contributed by atoms with Crippen molar-refractivity contribution in [3.05, 3.63) is 16.4 Å². The number of nitrogens with zero attached hydrogens (tertiary/aromatic N) is 1. The van der Waals surface area contributed by atoms with Crippen molar-refractivity contribution in [2.45, 2.75) is 90.3 Å². The molecule has 162 valence electrons. The molecule has 0 radical (unpaired) electrons. The fourth-order valence-corrected chi connectivity index (χ4v) is 8.80. The van der Waals surface area contributed by atoms with Crippen LogP contribution in [-0.4, -0.2) is 32.6 Å². The van der Waals surface area contributed by atoms with Crippen molar-refractivity contribution < 1.29 is 14.7 Å². The van der Waals surface area contributed by atoms with Gasteiger partial charge in [0.15, 0.2) is 0 Å². The van der Waals surface area contributed by atoms with Crippen LogP contribution in [0.3, 0.4) is 0 Å². The number of hydrogen-bond acceptors (Lipinski definition) is 5. The number of fused-ring (bicyclic) bond motifs is 5. The molecule has 10 atom stereocenters. The van der Waals surface area contributed by atoms with Crippen molar-refractivity contribution in [1.29, 1.82) is 0 Å². The molecule has 3 unspecified atom stereocenters. The van der Waals surface area contributed by atoms with Gasteiger partial charge >= 0.3 is 5.76 Å². The van der Waals surface area contributed by atoms with Gasteiger partial charge in [0.2, 0.25) is 0 Å². The molecule has 0 aromatic carbocycles. The van der Waals surface area contributed by atoms with Gasteiger partial charge in [-0.05, 0) is 85.4 Å². The molecule has 29 heavy (non-hydrogen) atoms. The molecule has 0 spiro atoms. The maximum Gasteiger partial charge on any atom is 0.459 e. The lowest BCUT2D eigenvalue weighted by atomic mass is 9.41. The molecule has 0 bridgehead atoms. The van der Waals surface area contributed by atoms with Crippen LogP contribution in [0.25, 0.3) is 0 Å². The molecule has 4 aliphatic carbocycles. The molecular weight excluding hydrogens is 368 g/mol. The number of hydrogen-bond donors (Lipinski definition) is 3. The first-order valence-corrected chi connectivity index (χ1v) is 11.7. The lowest BCUT2D eigenvalue weighted by Gasteiger charge is -2.64. The molecule has 1 aromatic heterocycles. The van der Waals surface area contributed by atoms with Crippen LogP contribution < -0.4 is 5.76 Å². The van der Waals surface area contributed by atoms with E-state index in [2.05, 4.69) is 30.9 Å². The van der Waals surface area contributed by atoms with E-state index in [1.165, 1.54) is 0 Å². The lowest BCUT2D eigenvalue weighted by Crippen LogP contribution is -2.62. The van der Waals surface area contributed by atoms with Crippen molar-refractivity contribution in [2.24, 2.45) is 40.4 Å². The molecule has 5 rings (SSSR count).